The van der Waals surface area contributed by atoms with Crippen LogP contribution in [0.3, 0.4) is 0 Å². The van der Waals surface area contributed by atoms with Gasteiger partial charge in [0.2, 0.25) is 0 Å². The van der Waals surface area contributed by atoms with Crippen LogP contribution >= 0.6 is 0 Å². The summed E-state index contributed by atoms with van der Waals surface area (Å²) >= 11 is 0. The molecular formula is C9H18N6. The minimum absolute atomic E-state index is 0.290. The average molecular weight is 210 g/mol. The quantitative estimate of drug-likeness (QED) is 0.546. The molecule has 0 saturated carbocycles. The first-order valence-electron chi connectivity index (χ1n) is 5.06. The van der Waals surface area contributed by atoms with Crippen LogP contribution in [0.4, 0.5) is 0 Å². The third kappa shape index (κ3) is 3.57. The van der Waals surface area contributed by atoms with E-state index in [1.165, 1.54) is 6.33 Å². The summed E-state index contributed by atoms with van der Waals surface area (Å²) in [7, 11) is 0. The summed E-state index contributed by atoms with van der Waals surface area (Å²) < 4.78 is 1.80. The second-order valence-corrected chi connectivity index (χ2v) is 3.49. The van der Waals surface area contributed by atoms with Crippen LogP contribution in [0.5, 0.6) is 0 Å². The molecule has 1 rings (SSSR count). The van der Waals surface area contributed by atoms with E-state index >= 15 is 0 Å². The lowest BCUT2D eigenvalue weighted by atomic mass is 10.4. The van der Waals surface area contributed by atoms with E-state index in [4.69, 9.17) is 5.73 Å². The van der Waals surface area contributed by atoms with Crippen molar-refractivity contribution in [1.82, 2.24) is 20.1 Å². The van der Waals surface area contributed by atoms with Gasteiger partial charge in [-0.15, -0.1) is 0 Å². The lowest BCUT2D eigenvalue weighted by Crippen LogP contribution is -2.36. The number of aliphatic imine (C=N–C) groups is 1. The zero-order chi connectivity index (χ0) is 11.3. The van der Waals surface area contributed by atoms with E-state index < -0.39 is 0 Å². The first kappa shape index (κ1) is 11.5. The predicted octanol–water partition coefficient (Wildman–Crippen LogP) is 0.111. The molecule has 0 bridgehead atoms. The summed E-state index contributed by atoms with van der Waals surface area (Å²) in [5, 5.41) is 7.06. The van der Waals surface area contributed by atoms with Crippen molar-refractivity contribution in [3.8, 4) is 0 Å². The molecule has 1 aromatic heterocycles. The average Bonchev–Trinajstić information content (AvgIpc) is 2.60. The molecule has 0 aliphatic rings. The molecule has 0 atom stereocenters. The van der Waals surface area contributed by atoms with Crippen LogP contribution in [-0.2, 0) is 13.1 Å². The summed E-state index contributed by atoms with van der Waals surface area (Å²) in [4.78, 5) is 8.27. The molecule has 0 fully saturated rings. The van der Waals surface area contributed by atoms with Gasteiger partial charge in [-0.25, -0.2) is 14.7 Å². The van der Waals surface area contributed by atoms with Gasteiger partial charge in [-0.3, -0.25) is 0 Å². The largest absolute Gasteiger partial charge is 0.370 e. The highest BCUT2D eigenvalue weighted by atomic mass is 15.3. The SMILES string of the molecule is CCn1ncnc1CN=C(N)NC(C)C. The maximum absolute atomic E-state index is 5.66. The van der Waals surface area contributed by atoms with Gasteiger partial charge in [0.05, 0.1) is 0 Å². The van der Waals surface area contributed by atoms with Gasteiger partial charge >= 0.3 is 0 Å². The van der Waals surface area contributed by atoms with Crippen molar-refractivity contribution in [2.24, 2.45) is 10.7 Å². The van der Waals surface area contributed by atoms with Gasteiger partial charge < -0.3 is 11.1 Å². The van der Waals surface area contributed by atoms with Gasteiger partial charge in [-0.05, 0) is 20.8 Å². The molecule has 0 aromatic carbocycles. The number of hydrogen-bond donors (Lipinski definition) is 2. The minimum atomic E-state index is 0.290. The molecule has 6 nitrogen and oxygen atoms in total. The lowest BCUT2D eigenvalue weighted by molar-refractivity contribution is 0.615. The van der Waals surface area contributed by atoms with E-state index in [1.54, 1.807) is 4.68 Å². The van der Waals surface area contributed by atoms with Crippen molar-refractivity contribution in [3.05, 3.63) is 12.2 Å². The molecule has 84 valence electrons. The lowest BCUT2D eigenvalue weighted by Gasteiger charge is -2.08. The molecule has 1 heterocycles. The Balaban J connectivity index is 2.55. The molecule has 15 heavy (non-hydrogen) atoms. The fourth-order valence-corrected chi connectivity index (χ4v) is 1.17. The number of nitrogens with one attached hydrogen (secondary N) is 1. The van der Waals surface area contributed by atoms with Gasteiger partial charge in [-0.1, -0.05) is 0 Å². The fraction of sp³-hybridized carbons (Fsp3) is 0.667. The number of guanidine groups is 1. The Morgan fingerprint density at radius 2 is 2.40 bits per heavy atom. The van der Waals surface area contributed by atoms with Crippen LogP contribution in [0.25, 0.3) is 0 Å². The molecule has 6 heteroatoms. The van der Waals surface area contributed by atoms with Crippen LogP contribution in [0.2, 0.25) is 0 Å². The zero-order valence-electron chi connectivity index (χ0n) is 9.44. The summed E-state index contributed by atoms with van der Waals surface area (Å²) in [6, 6.07) is 0.290. The van der Waals surface area contributed by atoms with Crippen molar-refractivity contribution in [3.63, 3.8) is 0 Å². The highest BCUT2D eigenvalue weighted by Crippen LogP contribution is 1.95. The number of nitrogens with two attached hydrogens (primary N) is 1. The number of aromatic nitrogens is 3. The van der Waals surface area contributed by atoms with Crippen molar-refractivity contribution in [1.29, 1.82) is 0 Å². The summed E-state index contributed by atoms with van der Waals surface area (Å²) in [5.74, 6) is 1.27. The summed E-state index contributed by atoms with van der Waals surface area (Å²) in [5.41, 5.74) is 5.66. The molecule has 3 N–H and O–H groups in total. The Kier molecular flexibility index (Phi) is 4.08. The van der Waals surface area contributed by atoms with Gasteiger partial charge in [0.25, 0.3) is 0 Å². The van der Waals surface area contributed by atoms with E-state index in [9.17, 15) is 0 Å². The molecule has 0 spiro atoms. The maximum Gasteiger partial charge on any atom is 0.189 e. The van der Waals surface area contributed by atoms with Crippen molar-refractivity contribution >= 4 is 5.96 Å². The van der Waals surface area contributed by atoms with Crippen LogP contribution < -0.4 is 11.1 Å². The molecule has 0 aliphatic heterocycles. The molecule has 0 radical (unpaired) electrons. The van der Waals surface area contributed by atoms with Crippen LogP contribution in [0.15, 0.2) is 11.3 Å². The first-order valence-corrected chi connectivity index (χ1v) is 5.06. The van der Waals surface area contributed by atoms with Crippen molar-refractivity contribution in [2.75, 3.05) is 0 Å². The van der Waals surface area contributed by atoms with E-state index in [2.05, 4.69) is 20.4 Å². The van der Waals surface area contributed by atoms with E-state index in [0.717, 1.165) is 12.4 Å². The maximum atomic E-state index is 5.66. The third-order valence-corrected chi connectivity index (χ3v) is 1.82. The van der Waals surface area contributed by atoms with Crippen LogP contribution in [0.1, 0.15) is 26.6 Å². The predicted molar refractivity (Wildman–Crippen MR) is 59.3 cm³/mol. The minimum Gasteiger partial charge on any atom is -0.370 e. The Morgan fingerprint density at radius 1 is 1.67 bits per heavy atom. The van der Waals surface area contributed by atoms with E-state index in [1.807, 2.05) is 20.8 Å². The molecule has 0 unspecified atom stereocenters. The topological polar surface area (TPSA) is 81.1 Å². The monoisotopic (exact) mass is 210 g/mol. The highest BCUT2D eigenvalue weighted by molar-refractivity contribution is 5.77. The standard InChI is InChI=1S/C9H18N6/c1-4-15-8(12-6-13-15)5-11-9(10)14-7(2)3/h6-7H,4-5H2,1-3H3,(H3,10,11,14). The van der Waals surface area contributed by atoms with Gasteiger partial charge in [-0.2, -0.15) is 5.10 Å². The van der Waals surface area contributed by atoms with Crippen LogP contribution in [0, 0.1) is 0 Å². The van der Waals surface area contributed by atoms with Gasteiger partial charge in [0.15, 0.2) is 5.96 Å². The summed E-state index contributed by atoms with van der Waals surface area (Å²) in [6.45, 7) is 7.28. The molecular weight excluding hydrogens is 192 g/mol. The Bertz CT molecular complexity index is 327. The Hall–Kier alpha value is -1.59. The molecule has 0 amide bonds. The number of rotatable bonds is 4. The fourth-order valence-electron chi connectivity index (χ4n) is 1.17. The number of hydrogen-bond acceptors (Lipinski definition) is 3. The Labute approximate surface area is 89.6 Å². The zero-order valence-corrected chi connectivity index (χ0v) is 9.44. The second-order valence-electron chi connectivity index (χ2n) is 3.49. The van der Waals surface area contributed by atoms with Crippen LogP contribution in [-0.4, -0.2) is 26.8 Å². The van der Waals surface area contributed by atoms with E-state index in [-0.39, 0.29) is 6.04 Å². The Morgan fingerprint density at radius 3 is 3.00 bits per heavy atom. The number of aryl methyl sites for hydroxylation is 1. The van der Waals surface area contributed by atoms with Crippen molar-refractivity contribution < 1.29 is 0 Å². The molecule has 0 aliphatic carbocycles. The third-order valence-electron chi connectivity index (χ3n) is 1.82. The smallest absolute Gasteiger partial charge is 0.189 e. The molecule has 0 saturated heterocycles. The second kappa shape index (κ2) is 5.33. The van der Waals surface area contributed by atoms with Gasteiger partial charge in [0, 0.05) is 12.6 Å². The van der Waals surface area contributed by atoms with E-state index in [0.29, 0.717) is 12.5 Å². The first-order chi connectivity index (χ1) is 7.13. The molecule has 1 aromatic rings. The summed E-state index contributed by atoms with van der Waals surface area (Å²) in [6.07, 6.45) is 1.53. The van der Waals surface area contributed by atoms with Crippen molar-refractivity contribution in [2.45, 2.75) is 39.9 Å². The highest BCUT2D eigenvalue weighted by Gasteiger charge is 2.01. The normalized spacial score (nSPS) is 12.1. The number of nitrogens with zero attached hydrogens (tertiary/aromatic N) is 4. The van der Waals surface area contributed by atoms with Gasteiger partial charge in [0.1, 0.15) is 18.7 Å².